The Hall–Kier alpha value is -2.61. The largest absolute Gasteiger partial charge is 0.475 e. The maximum absolute atomic E-state index is 11.4. The lowest BCUT2D eigenvalue weighted by Crippen LogP contribution is -2.12. The number of fused-ring (bicyclic) bond motifs is 1. The van der Waals surface area contributed by atoms with Gasteiger partial charge in [-0.15, -0.1) is 0 Å². The van der Waals surface area contributed by atoms with Crippen molar-refractivity contribution in [1.82, 2.24) is 4.98 Å². The monoisotopic (exact) mass is 214 g/mol. The molecule has 0 saturated carbocycles. The molecule has 0 amide bonds. The Kier molecular flexibility index (Phi) is 2.18. The van der Waals surface area contributed by atoms with Gasteiger partial charge in [-0.1, -0.05) is 6.07 Å². The van der Waals surface area contributed by atoms with Gasteiger partial charge in [0.05, 0.1) is 17.2 Å². The second-order valence-electron chi connectivity index (χ2n) is 3.18. The standard InChI is InChI=1S/C11H6N2O3/c12-4-6-2-1-3-8-9(6)7(5-13-8)10(14)11(15)16/h1-3,5,13H,(H,15,16). The van der Waals surface area contributed by atoms with Crippen molar-refractivity contribution in [3.05, 3.63) is 35.5 Å². The highest BCUT2D eigenvalue weighted by molar-refractivity contribution is 6.42. The summed E-state index contributed by atoms with van der Waals surface area (Å²) in [6, 6.07) is 6.80. The number of nitrogens with one attached hydrogen (secondary N) is 1. The summed E-state index contributed by atoms with van der Waals surface area (Å²) in [7, 11) is 0. The second-order valence-corrected chi connectivity index (χ2v) is 3.18. The smallest absolute Gasteiger partial charge is 0.377 e. The lowest BCUT2D eigenvalue weighted by molar-refractivity contribution is -0.131. The molecule has 0 aliphatic heterocycles. The van der Waals surface area contributed by atoms with Crippen LogP contribution in [0.15, 0.2) is 24.4 Å². The van der Waals surface area contributed by atoms with E-state index in [2.05, 4.69) is 4.98 Å². The first-order valence-electron chi connectivity index (χ1n) is 4.43. The van der Waals surface area contributed by atoms with Crippen LogP contribution in [0.25, 0.3) is 10.9 Å². The number of aliphatic carboxylic acids is 1. The van der Waals surface area contributed by atoms with Gasteiger partial charge in [-0.2, -0.15) is 5.26 Å². The molecule has 0 aliphatic carbocycles. The zero-order chi connectivity index (χ0) is 11.7. The summed E-state index contributed by atoms with van der Waals surface area (Å²) in [5.41, 5.74) is 0.867. The third kappa shape index (κ3) is 1.33. The average molecular weight is 214 g/mol. The minimum absolute atomic E-state index is 0.0136. The summed E-state index contributed by atoms with van der Waals surface area (Å²) in [6.45, 7) is 0. The van der Waals surface area contributed by atoms with Crippen molar-refractivity contribution in [2.45, 2.75) is 0 Å². The highest BCUT2D eigenvalue weighted by Gasteiger charge is 2.20. The second kappa shape index (κ2) is 3.51. The molecule has 0 atom stereocenters. The van der Waals surface area contributed by atoms with Crippen molar-refractivity contribution >= 4 is 22.7 Å². The molecule has 2 N–H and O–H groups in total. The summed E-state index contributed by atoms with van der Waals surface area (Å²) < 4.78 is 0. The van der Waals surface area contributed by atoms with Crippen LogP contribution in [0.3, 0.4) is 0 Å². The zero-order valence-electron chi connectivity index (χ0n) is 8.02. The molecular formula is C11H6N2O3. The Bertz CT molecular complexity index is 634. The quantitative estimate of drug-likeness (QED) is 0.582. The van der Waals surface area contributed by atoms with E-state index < -0.39 is 11.8 Å². The van der Waals surface area contributed by atoms with Crippen LogP contribution in [-0.2, 0) is 4.79 Å². The van der Waals surface area contributed by atoms with Gasteiger partial charge in [0.2, 0.25) is 0 Å². The Labute approximate surface area is 89.9 Å². The Morgan fingerprint density at radius 2 is 2.12 bits per heavy atom. The summed E-state index contributed by atoms with van der Waals surface area (Å²) in [4.78, 5) is 24.7. The molecule has 16 heavy (non-hydrogen) atoms. The van der Waals surface area contributed by atoms with Crippen LogP contribution >= 0.6 is 0 Å². The highest BCUT2D eigenvalue weighted by Crippen LogP contribution is 2.22. The number of H-pyrrole nitrogens is 1. The third-order valence-electron chi connectivity index (χ3n) is 2.27. The molecule has 0 fully saturated rings. The van der Waals surface area contributed by atoms with Gasteiger partial charge < -0.3 is 10.1 Å². The topological polar surface area (TPSA) is 94.0 Å². The van der Waals surface area contributed by atoms with Crippen LogP contribution in [0.5, 0.6) is 0 Å². The highest BCUT2D eigenvalue weighted by atomic mass is 16.4. The predicted molar refractivity (Wildman–Crippen MR) is 55.0 cm³/mol. The number of hydrogen-bond donors (Lipinski definition) is 2. The molecule has 1 heterocycles. The number of Topliss-reactive ketones (excluding diaryl/α,β-unsaturated/α-hetero) is 1. The van der Waals surface area contributed by atoms with Gasteiger partial charge in [0.15, 0.2) is 0 Å². The fourth-order valence-corrected chi connectivity index (χ4v) is 1.57. The van der Waals surface area contributed by atoms with E-state index in [1.165, 1.54) is 12.3 Å². The molecular weight excluding hydrogens is 208 g/mol. The third-order valence-corrected chi connectivity index (χ3v) is 2.27. The van der Waals surface area contributed by atoms with Crippen molar-refractivity contribution in [1.29, 1.82) is 5.26 Å². The molecule has 0 saturated heterocycles. The number of hydrogen-bond acceptors (Lipinski definition) is 3. The number of carboxylic acids is 1. The lowest BCUT2D eigenvalue weighted by Gasteiger charge is -1.96. The van der Waals surface area contributed by atoms with Crippen molar-refractivity contribution in [2.75, 3.05) is 0 Å². The van der Waals surface area contributed by atoms with Crippen LogP contribution < -0.4 is 0 Å². The number of benzene rings is 1. The number of carbonyl (C=O) groups excluding carboxylic acids is 1. The van der Waals surface area contributed by atoms with E-state index in [0.29, 0.717) is 10.9 Å². The van der Waals surface area contributed by atoms with E-state index in [1.807, 2.05) is 6.07 Å². The number of aromatic amines is 1. The van der Waals surface area contributed by atoms with E-state index in [9.17, 15) is 9.59 Å². The molecule has 0 radical (unpaired) electrons. The first kappa shape index (κ1) is 9.93. The zero-order valence-corrected chi connectivity index (χ0v) is 8.02. The van der Waals surface area contributed by atoms with E-state index in [4.69, 9.17) is 10.4 Å². The molecule has 78 valence electrons. The van der Waals surface area contributed by atoms with Gasteiger partial charge in [-0.25, -0.2) is 4.79 Å². The van der Waals surface area contributed by atoms with E-state index in [-0.39, 0.29) is 11.1 Å². The number of carbonyl (C=O) groups is 2. The van der Waals surface area contributed by atoms with E-state index in [1.54, 1.807) is 12.1 Å². The normalized spacial score (nSPS) is 9.94. The molecule has 2 aromatic rings. The Balaban J connectivity index is 2.78. The van der Waals surface area contributed by atoms with Crippen molar-refractivity contribution < 1.29 is 14.7 Å². The molecule has 1 aromatic heterocycles. The Morgan fingerprint density at radius 3 is 2.75 bits per heavy atom. The number of aromatic nitrogens is 1. The van der Waals surface area contributed by atoms with Crippen LogP contribution in [0.2, 0.25) is 0 Å². The summed E-state index contributed by atoms with van der Waals surface area (Å²) in [5, 5.41) is 17.9. The number of nitriles is 1. The molecule has 0 bridgehead atoms. The van der Waals surface area contributed by atoms with Crippen LogP contribution in [0, 0.1) is 11.3 Å². The minimum atomic E-state index is -1.53. The molecule has 5 heteroatoms. The summed E-state index contributed by atoms with van der Waals surface area (Å²) in [6.07, 6.45) is 1.31. The minimum Gasteiger partial charge on any atom is -0.475 e. The summed E-state index contributed by atoms with van der Waals surface area (Å²) >= 11 is 0. The summed E-state index contributed by atoms with van der Waals surface area (Å²) in [5.74, 6) is -2.55. The number of ketones is 1. The predicted octanol–water partition coefficient (Wildman–Crippen LogP) is 1.31. The molecule has 5 nitrogen and oxygen atoms in total. The van der Waals surface area contributed by atoms with Crippen molar-refractivity contribution in [3.8, 4) is 6.07 Å². The first-order chi connectivity index (χ1) is 7.65. The van der Waals surface area contributed by atoms with Crippen LogP contribution in [0.1, 0.15) is 15.9 Å². The fourth-order valence-electron chi connectivity index (χ4n) is 1.57. The van der Waals surface area contributed by atoms with Gasteiger partial charge >= 0.3 is 5.97 Å². The number of nitrogens with zero attached hydrogens (tertiary/aromatic N) is 1. The van der Waals surface area contributed by atoms with Crippen LogP contribution in [-0.4, -0.2) is 21.8 Å². The maximum atomic E-state index is 11.4. The van der Waals surface area contributed by atoms with Gasteiger partial charge in [0.25, 0.3) is 5.78 Å². The Morgan fingerprint density at radius 1 is 1.38 bits per heavy atom. The van der Waals surface area contributed by atoms with Gasteiger partial charge in [0, 0.05) is 17.1 Å². The maximum Gasteiger partial charge on any atom is 0.377 e. The van der Waals surface area contributed by atoms with Crippen molar-refractivity contribution in [2.24, 2.45) is 0 Å². The van der Waals surface area contributed by atoms with E-state index in [0.717, 1.165) is 0 Å². The molecule has 0 unspecified atom stereocenters. The SMILES string of the molecule is N#Cc1cccc2[nH]cc(C(=O)C(=O)O)c12. The van der Waals surface area contributed by atoms with Crippen molar-refractivity contribution in [3.63, 3.8) is 0 Å². The molecule has 2 rings (SSSR count). The average Bonchev–Trinajstić information content (AvgIpc) is 2.71. The van der Waals surface area contributed by atoms with Gasteiger partial charge in [-0.05, 0) is 12.1 Å². The first-order valence-corrected chi connectivity index (χ1v) is 4.43. The number of rotatable bonds is 2. The lowest BCUT2D eigenvalue weighted by atomic mass is 10.0. The molecule has 0 spiro atoms. The number of carboxylic acid groups (broad SMARTS) is 1. The van der Waals surface area contributed by atoms with Gasteiger partial charge in [0.1, 0.15) is 0 Å². The molecule has 0 aliphatic rings. The van der Waals surface area contributed by atoms with Gasteiger partial charge in [-0.3, -0.25) is 4.79 Å². The molecule has 1 aromatic carbocycles. The fraction of sp³-hybridized carbons (Fsp3) is 0. The van der Waals surface area contributed by atoms with E-state index >= 15 is 0 Å². The van der Waals surface area contributed by atoms with Crippen LogP contribution in [0.4, 0.5) is 0 Å².